The van der Waals surface area contributed by atoms with Gasteiger partial charge in [0.15, 0.2) is 0 Å². The number of pyridine rings is 2. The molecule has 6 aliphatic rings. The van der Waals surface area contributed by atoms with Crippen LogP contribution in [0.15, 0.2) is 206 Å². The Kier molecular flexibility index (Phi) is 11.0. The number of aromatic nitrogens is 4. The normalized spacial score (nSPS) is 17.0. The maximum atomic E-state index is 7.66. The second-order valence-corrected chi connectivity index (χ2v) is 32.6. The highest BCUT2D eigenvalue weighted by Crippen LogP contribution is 2.55. The van der Waals surface area contributed by atoms with Gasteiger partial charge in [0.25, 0.3) is 13.4 Å². The zero-order valence-corrected chi connectivity index (χ0v) is 56.6. The summed E-state index contributed by atoms with van der Waals surface area (Å²) >= 11 is 3.81. The molecule has 0 spiro atoms. The van der Waals surface area contributed by atoms with Gasteiger partial charge in [-0.05, 0) is 141 Å². The van der Waals surface area contributed by atoms with Crippen LogP contribution in [0, 0.1) is 0 Å². The highest BCUT2D eigenvalue weighted by Gasteiger charge is 2.51. The SMILES string of the molecule is CC1(C)CCC(C)(C)c2cc(N3c4cc(-n5c6ccccc6c6ccccc65)nc5c4B(c4cc6c(cc4O5)Oc4nc(-n5c7ccccc7c7ccccc75)cc5c4B6c4sc6ccccc6c4N5c4ccc5c(c4)C(C)(C)CCC5(C)C)c4sc5ccccc5c43)ccc21. The second-order valence-electron chi connectivity index (χ2n) is 30.5. The van der Waals surface area contributed by atoms with Crippen molar-refractivity contribution in [2.75, 3.05) is 9.80 Å². The maximum absolute atomic E-state index is 7.66. The molecule has 0 unspecified atom stereocenters. The fraction of sp³-hybridized carbons (Fsp3) is 0.190. The highest BCUT2D eigenvalue weighted by atomic mass is 32.1. The summed E-state index contributed by atoms with van der Waals surface area (Å²) in [4.78, 5) is 16.8. The van der Waals surface area contributed by atoms with Crippen LogP contribution >= 0.6 is 22.7 Å². The molecule has 0 N–H and O–H groups in total. The van der Waals surface area contributed by atoms with E-state index in [4.69, 9.17) is 19.4 Å². The molecular weight excluding hydrogens is 1210 g/mol. The maximum Gasteiger partial charge on any atom is 0.271 e. The van der Waals surface area contributed by atoms with Crippen molar-refractivity contribution in [3.8, 4) is 34.9 Å². The quantitative estimate of drug-likeness (QED) is 0.164. The Hall–Kier alpha value is -9.87. The Bertz CT molecular complexity index is 5540. The van der Waals surface area contributed by atoms with Crippen LogP contribution < -0.4 is 50.7 Å². The number of fused-ring (bicyclic) bond motifs is 20. The summed E-state index contributed by atoms with van der Waals surface area (Å²) in [7, 11) is 0. The van der Waals surface area contributed by atoms with Crippen molar-refractivity contribution in [1.82, 2.24) is 19.1 Å². The van der Waals surface area contributed by atoms with E-state index in [0.29, 0.717) is 11.8 Å². The summed E-state index contributed by atoms with van der Waals surface area (Å²) in [6.45, 7) is 19.0. The van der Waals surface area contributed by atoms with Gasteiger partial charge in [-0.2, -0.15) is 9.97 Å². The molecule has 12 heteroatoms. The van der Waals surface area contributed by atoms with Gasteiger partial charge < -0.3 is 19.3 Å². The zero-order valence-electron chi connectivity index (χ0n) is 54.9. The Balaban J connectivity index is 0.838. The number of benzene rings is 9. The predicted molar refractivity (Wildman–Crippen MR) is 404 cm³/mol. The third kappa shape index (κ3) is 7.41. The lowest BCUT2D eigenvalue weighted by molar-refractivity contribution is 0.332. The molecule has 0 bridgehead atoms. The van der Waals surface area contributed by atoms with Crippen LogP contribution in [-0.2, 0) is 21.7 Å². The molecule has 0 saturated heterocycles. The van der Waals surface area contributed by atoms with Gasteiger partial charge in [-0.15, -0.1) is 22.7 Å². The lowest BCUT2D eigenvalue weighted by Gasteiger charge is -2.44. The Labute approximate surface area is 566 Å². The van der Waals surface area contributed by atoms with Gasteiger partial charge in [-0.1, -0.05) is 183 Å². The molecule has 15 aromatic rings. The molecule has 0 fully saturated rings. The van der Waals surface area contributed by atoms with E-state index in [0.717, 1.165) is 115 Å². The third-order valence-electron chi connectivity index (χ3n) is 23.2. The minimum atomic E-state index is -0.248. The Morgan fingerprint density at radius 2 is 0.708 bits per heavy atom. The van der Waals surface area contributed by atoms with Crippen molar-refractivity contribution in [2.45, 2.75) is 103 Å². The lowest BCUT2D eigenvalue weighted by Crippen LogP contribution is -2.62. The number of rotatable bonds is 4. The van der Waals surface area contributed by atoms with Crippen LogP contribution in [-0.4, -0.2) is 32.5 Å². The number of anilines is 6. The van der Waals surface area contributed by atoms with Crippen LogP contribution in [0.2, 0.25) is 0 Å². The van der Waals surface area contributed by atoms with Crippen molar-refractivity contribution in [3.05, 3.63) is 229 Å². The van der Waals surface area contributed by atoms with E-state index in [2.05, 4.69) is 281 Å². The van der Waals surface area contributed by atoms with E-state index >= 15 is 0 Å². The standard InChI is InChI=1S/C84H66B2N6O2S2/c1-81(2)37-39-83(5,6)57-41-47(33-35-55(57)81)89-65-44-71(91-61-27-15-9-21-49(61)50-22-10-16-28-62(50)91)87-79-73(65)85(77-75(89)53-25-13-19-31-69(53)95-77)59-43-60-68(46-67(59)93-79)94-80-74-66(45-72(88-80)92-63-29-17-11-23-51(63)52-24-12-18-30-64(52)92)90(76-54-26-14-20-32-70(54)96-78(76)86(60)74)48-34-36-56-58(42-48)84(7,8)40-38-82(56,3)4/h9-36,41-46H,37-40H2,1-8H3. The van der Waals surface area contributed by atoms with Gasteiger partial charge in [0.2, 0.25) is 11.8 Å². The predicted octanol–water partition coefficient (Wildman–Crippen LogP) is 18.6. The van der Waals surface area contributed by atoms with Crippen molar-refractivity contribution < 1.29 is 9.47 Å². The summed E-state index contributed by atoms with van der Waals surface area (Å²) in [6, 6.07) is 77.2. The summed E-state index contributed by atoms with van der Waals surface area (Å²) in [6.07, 6.45) is 4.52. The molecule has 10 heterocycles. The molecule has 2 aliphatic carbocycles. The smallest absolute Gasteiger partial charge is 0.271 e. The number of nitrogens with zero attached hydrogens (tertiary/aromatic N) is 6. The van der Waals surface area contributed by atoms with E-state index < -0.39 is 0 Å². The van der Waals surface area contributed by atoms with Crippen LogP contribution in [0.5, 0.6) is 23.3 Å². The zero-order chi connectivity index (χ0) is 64.2. The Morgan fingerprint density at radius 3 is 1.09 bits per heavy atom. The molecule has 21 rings (SSSR count). The first-order valence-corrected chi connectivity index (χ1v) is 35.7. The molecule has 0 amide bonds. The lowest BCUT2D eigenvalue weighted by atomic mass is 9.34. The molecule has 0 saturated carbocycles. The highest BCUT2D eigenvalue weighted by molar-refractivity contribution is 7.34. The molecule has 96 heavy (non-hydrogen) atoms. The van der Waals surface area contributed by atoms with Gasteiger partial charge in [-0.25, -0.2) is 0 Å². The molecule has 0 radical (unpaired) electrons. The first-order valence-electron chi connectivity index (χ1n) is 34.1. The number of hydrogen-bond acceptors (Lipinski definition) is 8. The number of thiophene rings is 2. The summed E-state index contributed by atoms with van der Waals surface area (Å²) in [5.74, 6) is 4.24. The van der Waals surface area contributed by atoms with Crippen molar-refractivity contribution in [2.24, 2.45) is 0 Å². The molecule has 6 aromatic heterocycles. The first kappa shape index (κ1) is 55.4. The van der Waals surface area contributed by atoms with E-state index in [1.165, 1.54) is 84.9 Å². The van der Waals surface area contributed by atoms with Crippen LogP contribution in [0.4, 0.5) is 34.1 Å². The van der Waals surface area contributed by atoms with Gasteiger partial charge in [0.05, 0.1) is 44.8 Å². The van der Waals surface area contributed by atoms with E-state index in [1.54, 1.807) is 0 Å². The molecule has 9 aromatic carbocycles. The van der Waals surface area contributed by atoms with Gasteiger partial charge in [-0.3, -0.25) is 9.13 Å². The van der Waals surface area contributed by atoms with Crippen molar-refractivity contribution >= 4 is 165 Å². The third-order valence-corrected chi connectivity index (χ3v) is 25.6. The Morgan fingerprint density at radius 1 is 0.365 bits per heavy atom. The minimum Gasteiger partial charge on any atom is -0.440 e. The molecule has 0 atom stereocenters. The van der Waals surface area contributed by atoms with E-state index in [9.17, 15) is 0 Å². The summed E-state index contributed by atoms with van der Waals surface area (Å²) in [5, 5.41) is 7.17. The minimum absolute atomic E-state index is 0.0204. The van der Waals surface area contributed by atoms with Crippen LogP contribution in [0.25, 0.3) is 75.4 Å². The fourth-order valence-electron chi connectivity index (χ4n) is 18.1. The summed E-state index contributed by atoms with van der Waals surface area (Å²) < 4.78 is 25.0. The second kappa shape index (κ2) is 19.0. The average Bonchev–Trinajstić information content (AvgIpc) is 1.32. The van der Waals surface area contributed by atoms with Crippen LogP contribution in [0.3, 0.4) is 0 Å². The number of para-hydroxylation sites is 4. The molecule has 8 nitrogen and oxygen atoms in total. The van der Waals surface area contributed by atoms with E-state index in [-0.39, 0.29) is 35.1 Å². The molecule has 4 aliphatic heterocycles. The summed E-state index contributed by atoms with van der Waals surface area (Å²) in [5.41, 5.74) is 21.3. The number of hydrogen-bond donors (Lipinski definition) is 0. The van der Waals surface area contributed by atoms with Gasteiger partial charge >= 0.3 is 0 Å². The van der Waals surface area contributed by atoms with Gasteiger partial charge in [0.1, 0.15) is 23.1 Å². The molecule has 462 valence electrons. The van der Waals surface area contributed by atoms with Crippen molar-refractivity contribution in [1.29, 1.82) is 0 Å². The average molecular weight is 1280 g/mol. The molecular formula is C84H66B2N6O2S2. The van der Waals surface area contributed by atoms with Gasteiger partial charge in [0, 0.05) is 91.8 Å². The number of ether oxygens (including phenoxy) is 2. The largest absolute Gasteiger partial charge is 0.440 e. The first-order chi connectivity index (χ1) is 46.6. The van der Waals surface area contributed by atoms with Crippen molar-refractivity contribution in [3.63, 3.8) is 0 Å². The topological polar surface area (TPSA) is 60.6 Å². The van der Waals surface area contributed by atoms with E-state index in [1.807, 2.05) is 22.7 Å². The monoisotopic (exact) mass is 1280 g/mol. The fourth-order valence-corrected chi connectivity index (χ4v) is 20.7. The van der Waals surface area contributed by atoms with Crippen LogP contribution in [0.1, 0.15) is 103 Å².